The predicted molar refractivity (Wildman–Crippen MR) is 133 cm³/mol. The fraction of sp³-hybridized carbons (Fsp3) is 0.320. The van der Waals surface area contributed by atoms with Crippen LogP contribution in [0.3, 0.4) is 0 Å². The molecule has 0 aromatic heterocycles. The van der Waals surface area contributed by atoms with E-state index in [9.17, 15) is 34.2 Å². The molecule has 4 atom stereocenters. The van der Waals surface area contributed by atoms with E-state index in [-0.39, 0.29) is 18.6 Å². The molecule has 4 amide bonds. The van der Waals surface area contributed by atoms with Crippen LogP contribution in [-0.2, 0) is 36.8 Å². The predicted octanol–water partition coefficient (Wildman–Crippen LogP) is -1.06. The lowest BCUT2D eigenvalue weighted by Gasteiger charge is -2.25. The molecule has 0 aliphatic rings. The van der Waals surface area contributed by atoms with E-state index >= 15 is 0 Å². The molecule has 12 heteroatoms. The number of hydrogen-bond donors (Lipinski definition) is 7. The molecule has 0 aliphatic carbocycles. The van der Waals surface area contributed by atoms with E-state index in [1.165, 1.54) is 31.2 Å². The molecule has 0 bridgehead atoms. The second kappa shape index (κ2) is 13.6. The average molecular weight is 514 g/mol. The summed E-state index contributed by atoms with van der Waals surface area (Å²) >= 11 is 0. The van der Waals surface area contributed by atoms with E-state index in [1.54, 1.807) is 30.3 Å². The molecule has 0 saturated carbocycles. The van der Waals surface area contributed by atoms with E-state index in [2.05, 4.69) is 16.0 Å². The molecule has 12 nitrogen and oxygen atoms in total. The van der Waals surface area contributed by atoms with Crippen molar-refractivity contribution in [3.63, 3.8) is 0 Å². The lowest BCUT2D eigenvalue weighted by atomic mass is 10.0. The number of phenols is 1. The molecule has 2 aromatic carbocycles. The zero-order valence-electron chi connectivity index (χ0n) is 20.2. The van der Waals surface area contributed by atoms with Crippen LogP contribution >= 0.6 is 0 Å². The third-order valence-corrected chi connectivity index (χ3v) is 5.36. The minimum Gasteiger partial charge on any atom is -0.508 e. The number of carbonyl (C=O) groups is 5. The molecule has 0 fully saturated rings. The highest BCUT2D eigenvalue weighted by Gasteiger charge is 2.31. The number of phenolic OH excluding ortho intramolecular Hbond substituents is 1. The smallest absolute Gasteiger partial charge is 0.326 e. The molecule has 4 unspecified atom stereocenters. The van der Waals surface area contributed by atoms with Crippen LogP contribution < -0.4 is 27.4 Å². The number of carbonyl (C=O) groups excluding carboxylic acids is 4. The monoisotopic (exact) mass is 513 g/mol. The Balaban J connectivity index is 2.31. The summed E-state index contributed by atoms with van der Waals surface area (Å²) in [5.74, 6) is -4.60. The first kappa shape index (κ1) is 28.8. The Hall–Kier alpha value is -4.45. The van der Waals surface area contributed by atoms with Crippen LogP contribution in [0.1, 0.15) is 24.5 Å². The number of rotatable bonds is 13. The third kappa shape index (κ3) is 9.61. The largest absolute Gasteiger partial charge is 0.508 e. The lowest BCUT2D eigenvalue weighted by molar-refractivity contribution is -0.143. The maximum Gasteiger partial charge on any atom is 0.326 e. The molecule has 37 heavy (non-hydrogen) atoms. The number of nitrogens with one attached hydrogen (secondary N) is 3. The van der Waals surface area contributed by atoms with Gasteiger partial charge in [-0.15, -0.1) is 0 Å². The first-order valence-electron chi connectivity index (χ1n) is 11.5. The molecular weight excluding hydrogens is 482 g/mol. The highest BCUT2D eigenvalue weighted by Crippen LogP contribution is 2.12. The minimum atomic E-state index is -1.61. The SMILES string of the molecule is CC(N)C(=O)NC(Cc1ccccc1)C(=O)NC(Cc1ccc(O)cc1)C(=O)NC(CC(N)=O)C(=O)O. The van der Waals surface area contributed by atoms with Crippen molar-refractivity contribution in [2.24, 2.45) is 11.5 Å². The number of primary amides is 1. The van der Waals surface area contributed by atoms with Crippen LogP contribution in [0.5, 0.6) is 5.75 Å². The van der Waals surface area contributed by atoms with E-state index < -0.39 is 60.2 Å². The molecule has 198 valence electrons. The van der Waals surface area contributed by atoms with Gasteiger partial charge in [-0.1, -0.05) is 42.5 Å². The van der Waals surface area contributed by atoms with E-state index in [4.69, 9.17) is 11.5 Å². The van der Waals surface area contributed by atoms with Gasteiger partial charge in [-0.2, -0.15) is 0 Å². The molecule has 2 aromatic rings. The summed E-state index contributed by atoms with van der Waals surface area (Å²) in [6.07, 6.45) is -0.639. The number of hydrogen-bond acceptors (Lipinski definition) is 7. The van der Waals surface area contributed by atoms with Gasteiger partial charge in [-0.3, -0.25) is 19.2 Å². The van der Waals surface area contributed by atoms with Crippen LogP contribution in [-0.4, -0.2) is 64.0 Å². The van der Waals surface area contributed by atoms with Gasteiger partial charge >= 0.3 is 5.97 Å². The quantitative estimate of drug-likeness (QED) is 0.175. The van der Waals surface area contributed by atoms with Crippen LogP contribution in [0.4, 0.5) is 0 Å². The van der Waals surface area contributed by atoms with Crippen molar-refractivity contribution >= 4 is 29.6 Å². The van der Waals surface area contributed by atoms with Gasteiger partial charge in [0.25, 0.3) is 0 Å². The van der Waals surface area contributed by atoms with Gasteiger partial charge in [0.15, 0.2) is 0 Å². The molecular formula is C25H31N5O7. The van der Waals surface area contributed by atoms with Gasteiger partial charge in [-0.25, -0.2) is 4.79 Å². The highest BCUT2D eigenvalue weighted by molar-refractivity contribution is 5.95. The van der Waals surface area contributed by atoms with Gasteiger partial charge in [0.2, 0.25) is 23.6 Å². The molecule has 2 rings (SSSR count). The van der Waals surface area contributed by atoms with Gasteiger partial charge in [0.05, 0.1) is 12.5 Å². The van der Waals surface area contributed by atoms with Gasteiger partial charge in [0, 0.05) is 12.8 Å². The lowest BCUT2D eigenvalue weighted by Crippen LogP contribution is -2.58. The summed E-state index contributed by atoms with van der Waals surface area (Å²) in [6.45, 7) is 1.46. The number of amides is 4. The Morgan fingerprint density at radius 3 is 1.68 bits per heavy atom. The van der Waals surface area contributed by atoms with Crippen LogP contribution in [0.2, 0.25) is 0 Å². The van der Waals surface area contributed by atoms with Gasteiger partial charge in [-0.05, 0) is 30.2 Å². The van der Waals surface area contributed by atoms with Crippen molar-refractivity contribution in [3.8, 4) is 5.75 Å². The minimum absolute atomic E-state index is 0.0114. The summed E-state index contributed by atoms with van der Waals surface area (Å²) in [4.78, 5) is 61.4. The zero-order chi connectivity index (χ0) is 27.5. The summed E-state index contributed by atoms with van der Waals surface area (Å²) in [5.41, 5.74) is 12.0. The summed E-state index contributed by atoms with van der Waals surface area (Å²) < 4.78 is 0. The van der Waals surface area contributed by atoms with E-state index in [0.29, 0.717) is 5.56 Å². The van der Waals surface area contributed by atoms with Crippen molar-refractivity contribution in [2.75, 3.05) is 0 Å². The van der Waals surface area contributed by atoms with E-state index in [0.717, 1.165) is 5.56 Å². The third-order valence-electron chi connectivity index (χ3n) is 5.36. The second-order valence-corrected chi connectivity index (χ2v) is 8.54. The number of aliphatic carboxylic acids is 1. The molecule has 0 saturated heterocycles. The molecule has 9 N–H and O–H groups in total. The Morgan fingerprint density at radius 1 is 0.757 bits per heavy atom. The Bertz CT molecular complexity index is 1110. The van der Waals surface area contributed by atoms with Crippen molar-refractivity contribution in [1.82, 2.24) is 16.0 Å². The molecule has 0 heterocycles. The standard InChI is InChI=1S/C25H31N5O7/c1-14(26)22(33)28-18(11-15-5-3-2-4-6-15)23(34)29-19(12-16-7-9-17(31)10-8-16)24(35)30-20(25(36)37)13-21(27)32/h2-10,14,18-20,31H,11-13,26H2,1H3,(H2,27,32)(H,28,33)(H,29,34)(H,30,35)(H,36,37). The topological polar surface area (TPSA) is 214 Å². The normalized spacial score (nSPS) is 13.9. The maximum atomic E-state index is 13.3. The maximum absolute atomic E-state index is 13.3. The van der Waals surface area contributed by atoms with Crippen LogP contribution in [0.25, 0.3) is 0 Å². The second-order valence-electron chi connectivity index (χ2n) is 8.54. The summed E-state index contributed by atoms with van der Waals surface area (Å²) in [6, 6.07) is 9.79. The first-order chi connectivity index (χ1) is 17.5. The molecule has 0 radical (unpaired) electrons. The molecule has 0 spiro atoms. The van der Waals surface area contributed by atoms with Crippen LogP contribution in [0, 0.1) is 0 Å². The number of carboxylic acids is 1. The Kier molecular flexibility index (Phi) is 10.6. The van der Waals surface area contributed by atoms with Gasteiger partial charge < -0.3 is 37.6 Å². The van der Waals surface area contributed by atoms with Gasteiger partial charge in [0.1, 0.15) is 23.9 Å². The number of benzene rings is 2. The zero-order valence-corrected chi connectivity index (χ0v) is 20.2. The Morgan fingerprint density at radius 2 is 1.22 bits per heavy atom. The fourth-order valence-electron chi connectivity index (χ4n) is 3.39. The summed E-state index contributed by atoms with van der Waals surface area (Å²) in [5, 5.41) is 26.3. The highest BCUT2D eigenvalue weighted by atomic mass is 16.4. The fourth-order valence-corrected chi connectivity index (χ4v) is 3.39. The van der Waals surface area contributed by atoms with Crippen molar-refractivity contribution in [1.29, 1.82) is 0 Å². The average Bonchev–Trinajstić information content (AvgIpc) is 2.84. The summed E-state index contributed by atoms with van der Waals surface area (Å²) in [7, 11) is 0. The van der Waals surface area contributed by atoms with Crippen molar-refractivity contribution in [2.45, 2.75) is 50.4 Å². The molecule has 0 aliphatic heterocycles. The Labute approximate surface area is 213 Å². The number of aromatic hydroxyl groups is 1. The number of carboxylic acid groups (broad SMARTS) is 1. The first-order valence-corrected chi connectivity index (χ1v) is 11.5. The number of nitrogens with two attached hydrogens (primary N) is 2. The van der Waals surface area contributed by atoms with Crippen molar-refractivity contribution in [3.05, 3.63) is 65.7 Å². The van der Waals surface area contributed by atoms with E-state index in [1.807, 2.05) is 0 Å². The van der Waals surface area contributed by atoms with Crippen LogP contribution in [0.15, 0.2) is 54.6 Å². The van der Waals surface area contributed by atoms with Crippen molar-refractivity contribution < 1.29 is 34.2 Å².